The van der Waals surface area contributed by atoms with Gasteiger partial charge in [-0.15, -0.1) is 0 Å². The molecule has 4 rings (SSSR count). The summed E-state index contributed by atoms with van der Waals surface area (Å²) in [6.45, 7) is 1.93. The summed E-state index contributed by atoms with van der Waals surface area (Å²) in [7, 11) is 0. The van der Waals surface area contributed by atoms with Gasteiger partial charge in [-0.1, -0.05) is 30.3 Å². The summed E-state index contributed by atoms with van der Waals surface area (Å²) < 4.78 is 11.4. The third-order valence-corrected chi connectivity index (χ3v) is 4.92. The van der Waals surface area contributed by atoms with Crippen LogP contribution in [-0.2, 0) is 16.1 Å². The van der Waals surface area contributed by atoms with Crippen LogP contribution in [0.4, 0.5) is 5.69 Å². The van der Waals surface area contributed by atoms with Gasteiger partial charge < -0.3 is 19.7 Å². The SMILES string of the molecule is O=C1COc2cc(C(=O)N3CCC(OCc4ccccc4)CC3)ccc2N1. The van der Waals surface area contributed by atoms with Crippen LogP contribution in [0.3, 0.4) is 0 Å². The molecule has 2 heterocycles. The van der Waals surface area contributed by atoms with Crippen molar-refractivity contribution in [2.45, 2.75) is 25.6 Å². The molecule has 2 aromatic carbocycles. The van der Waals surface area contributed by atoms with Crippen LogP contribution in [-0.4, -0.2) is 42.5 Å². The highest BCUT2D eigenvalue weighted by Gasteiger charge is 2.25. The second kappa shape index (κ2) is 7.80. The average Bonchev–Trinajstić information content (AvgIpc) is 2.72. The van der Waals surface area contributed by atoms with Gasteiger partial charge in [0.1, 0.15) is 5.75 Å². The fraction of sp³-hybridized carbons (Fsp3) is 0.333. The van der Waals surface area contributed by atoms with E-state index < -0.39 is 0 Å². The molecule has 6 nitrogen and oxygen atoms in total. The van der Waals surface area contributed by atoms with E-state index in [1.807, 2.05) is 23.1 Å². The Hall–Kier alpha value is -2.86. The number of nitrogens with zero attached hydrogens (tertiary/aromatic N) is 1. The van der Waals surface area contributed by atoms with Crippen molar-refractivity contribution in [1.82, 2.24) is 4.90 Å². The summed E-state index contributed by atoms with van der Waals surface area (Å²) in [5, 5.41) is 2.73. The first-order valence-corrected chi connectivity index (χ1v) is 9.20. The van der Waals surface area contributed by atoms with Gasteiger partial charge in [0.25, 0.3) is 11.8 Å². The highest BCUT2D eigenvalue weighted by atomic mass is 16.5. The fourth-order valence-corrected chi connectivity index (χ4v) is 3.40. The van der Waals surface area contributed by atoms with E-state index >= 15 is 0 Å². The van der Waals surface area contributed by atoms with Crippen LogP contribution in [0.25, 0.3) is 0 Å². The van der Waals surface area contributed by atoms with Crippen molar-refractivity contribution >= 4 is 17.5 Å². The van der Waals surface area contributed by atoms with Crippen molar-refractivity contribution in [3.8, 4) is 5.75 Å². The van der Waals surface area contributed by atoms with Crippen molar-refractivity contribution in [1.29, 1.82) is 0 Å². The first-order chi connectivity index (χ1) is 13.2. The number of nitrogens with one attached hydrogen (secondary N) is 1. The molecule has 0 radical (unpaired) electrons. The number of carbonyl (C=O) groups is 2. The monoisotopic (exact) mass is 366 g/mol. The maximum absolute atomic E-state index is 12.8. The highest BCUT2D eigenvalue weighted by Crippen LogP contribution is 2.29. The van der Waals surface area contributed by atoms with E-state index in [1.165, 1.54) is 0 Å². The number of hydrogen-bond donors (Lipinski definition) is 1. The van der Waals surface area contributed by atoms with Crippen LogP contribution in [0.2, 0.25) is 0 Å². The maximum atomic E-state index is 12.8. The minimum Gasteiger partial charge on any atom is -0.482 e. The molecule has 0 aliphatic carbocycles. The number of piperidine rings is 1. The van der Waals surface area contributed by atoms with Gasteiger partial charge in [-0.25, -0.2) is 0 Å². The van der Waals surface area contributed by atoms with Crippen molar-refractivity contribution in [3.63, 3.8) is 0 Å². The summed E-state index contributed by atoms with van der Waals surface area (Å²) in [5.74, 6) is 0.348. The van der Waals surface area contributed by atoms with Gasteiger partial charge in [0, 0.05) is 18.7 Å². The number of likely N-dealkylation sites (tertiary alicyclic amines) is 1. The van der Waals surface area contributed by atoms with Gasteiger partial charge in [0.15, 0.2) is 6.61 Å². The molecular formula is C21H22N2O4. The van der Waals surface area contributed by atoms with E-state index in [-0.39, 0.29) is 24.5 Å². The molecule has 2 aliphatic heterocycles. The van der Waals surface area contributed by atoms with E-state index in [0.717, 1.165) is 18.4 Å². The molecule has 0 atom stereocenters. The van der Waals surface area contributed by atoms with Crippen LogP contribution in [0.1, 0.15) is 28.8 Å². The van der Waals surface area contributed by atoms with Crippen LogP contribution >= 0.6 is 0 Å². The molecule has 2 aliphatic rings. The smallest absolute Gasteiger partial charge is 0.262 e. The van der Waals surface area contributed by atoms with Gasteiger partial charge in [-0.3, -0.25) is 9.59 Å². The summed E-state index contributed by atoms with van der Waals surface area (Å²) in [6, 6.07) is 15.3. The zero-order chi connectivity index (χ0) is 18.6. The predicted octanol–water partition coefficient (Wildman–Crippen LogP) is 2.84. The lowest BCUT2D eigenvalue weighted by molar-refractivity contribution is -0.118. The Morgan fingerprint density at radius 3 is 2.70 bits per heavy atom. The molecule has 6 heteroatoms. The number of rotatable bonds is 4. The third-order valence-electron chi connectivity index (χ3n) is 4.92. The normalized spacial score (nSPS) is 17.0. The standard InChI is InChI=1S/C21H22N2O4/c24-20-14-27-19-12-16(6-7-18(19)22-20)21(25)23-10-8-17(9-11-23)26-13-15-4-2-1-3-5-15/h1-7,12,17H,8-11,13-14H2,(H,22,24). The highest BCUT2D eigenvalue weighted by molar-refractivity contribution is 5.99. The quantitative estimate of drug-likeness (QED) is 0.904. The van der Waals surface area contributed by atoms with Gasteiger partial charge in [-0.05, 0) is 36.6 Å². The topological polar surface area (TPSA) is 67.9 Å². The Bertz CT molecular complexity index is 829. The van der Waals surface area contributed by atoms with Crippen molar-refractivity contribution < 1.29 is 19.1 Å². The second-order valence-electron chi connectivity index (χ2n) is 6.84. The Kier molecular flexibility index (Phi) is 5.07. The summed E-state index contributed by atoms with van der Waals surface area (Å²) in [6.07, 6.45) is 1.84. The molecule has 140 valence electrons. The Morgan fingerprint density at radius 1 is 1.15 bits per heavy atom. The Balaban J connectivity index is 1.31. The third kappa shape index (κ3) is 4.11. The van der Waals surface area contributed by atoms with Crippen molar-refractivity contribution in [2.24, 2.45) is 0 Å². The predicted molar refractivity (Wildman–Crippen MR) is 101 cm³/mol. The Labute approximate surface area is 158 Å². The number of hydrogen-bond acceptors (Lipinski definition) is 4. The van der Waals surface area contributed by atoms with Gasteiger partial charge in [-0.2, -0.15) is 0 Å². The number of fused-ring (bicyclic) bond motifs is 1. The molecule has 0 unspecified atom stereocenters. The lowest BCUT2D eigenvalue weighted by atomic mass is 10.1. The van der Waals surface area contributed by atoms with E-state index in [2.05, 4.69) is 17.4 Å². The minimum atomic E-state index is -0.181. The molecule has 1 saturated heterocycles. The van der Waals surface area contributed by atoms with Crippen LogP contribution < -0.4 is 10.1 Å². The molecule has 0 saturated carbocycles. The van der Waals surface area contributed by atoms with Crippen molar-refractivity contribution in [2.75, 3.05) is 25.0 Å². The maximum Gasteiger partial charge on any atom is 0.262 e. The molecule has 1 fully saturated rings. The molecule has 2 aromatic rings. The van der Waals surface area contributed by atoms with Crippen LogP contribution in [0, 0.1) is 0 Å². The second-order valence-corrected chi connectivity index (χ2v) is 6.84. The fourth-order valence-electron chi connectivity index (χ4n) is 3.40. The number of benzene rings is 2. The van der Waals surface area contributed by atoms with Crippen molar-refractivity contribution in [3.05, 3.63) is 59.7 Å². The molecular weight excluding hydrogens is 344 g/mol. The zero-order valence-electron chi connectivity index (χ0n) is 15.0. The molecule has 27 heavy (non-hydrogen) atoms. The van der Waals surface area contributed by atoms with Crippen LogP contribution in [0.5, 0.6) is 5.75 Å². The molecule has 1 N–H and O–H groups in total. The van der Waals surface area contributed by atoms with Crippen LogP contribution in [0.15, 0.2) is 48.5 Å². The first-order valence-electron chi connectivity index (χ1n) is 9.20. The average molecular weight is 366 g/mol. The largest absolute Gasteiger partial charge is 0.482 e. The van der Waals surface area contributed by atoms with E-state index in [1.54, 1.807) is 18.2 Å². The summed E-state index contributed by atoms with van der Waals surface area (Å²) in [4.78, 5) is 26.0. The summed E-state index contributed by atoms with van der Waals surface area (Å²) >= 11 is 0. The van der Waals surface area contributed by atoms with E-state index in [9.17, 15) is 9.59 Å². The number of amides is 2. The zero-order valence-corrected chi connectivity index (χ0v) is 15.0. The van der Waals surface area contributed by atoms with E-state index in [0.29, 0.717) is 36.7 Å². The number of anilines is 1. The Morgan fingerprint density at radius 2 is 1.93 bits per heavy atom. The van der Waals surface area contributed by atoms with Gasteiger partial charge >= 0.3 is 0 Å². The van der Waals surface area contributed by atoms with E-state index in [4.69, 9.17) is 9.47 Å². The lowest BCUT2D eigenvalue weighted by Gasteiger charge is -2.32. The summed E-state index contributed by atoms with van der Waals surface area (Å²) in [5.41, 5.74) is 2.35. The molecule has 0 spiro atoms. The molecule has 0 aromatic heterocycles. The lowest BCUT2D eigenvalue weighted by Crippen LogP contribution is -2.40. The first kappa shape index (κ1) is 17.5. The minimum absolute atomic E-state index is 0.0141. The molecule has 2 amide bonds. The number of ether oxygens (including phenoxy) is 2. The molecule has 0 bridgehead atoms. The van der Waals surface area contributed by atoms with Gasteiger partial charge in [0.2, 0.25) is 0 Å². The number of carbonyl (C=O) groups excluding carboxylic acids is 2. The van der Waals surface area contributed by atoms with Gasteiger partial charge in [0.05, 0.1) is 18.4 Å².